The van der Waals surface area contributed by atoms with E-state index in [0.29, 0.717) is 26.2 Å². The normalized spacial score (nSPS) is 19.4. The third-order valence-corrected chi connectivity index (χ3v) is 2.56. The zero-order valence-corrected chi connectivity index (χ0v) is 9.25. The minimum atomic E-state index is -0.473. The fourth-order valence-electron chi connectivity index (χ4n) is 1.49. The summed E-state index contributed by atoms with van der Waals surface area (Å²) in [6.07, 6.45) is 0. The molecule has 1 atom stereocenters. The van der Waals surface area contributed by atoms with Gasteiger partial charge in [0.05, 0.1) is 0 Å². The van der Waals surface area contributed by atoms with Crippen LogP contribution in [0.3, 0.4) is 0 Å². The first-order valence-electron chi connectivity index (χ1n) is 4.70. The molecule has 1 unspecified atom stereocenters. The molecule has 1 fully saturated rings. The second kappa shape index (κ2) is 4.64. The second-order valence-electron chi connectivity index (χ2n) is 3.45. The van der Waals surface area contributed by atoms with Crippen molar-refractivity contribution >= 4 is 23.4 Å². The summed E-state index contributed by atoms with van der Waals surface area (Å²) in [5, 5.41) is -0.473. The maximum atomic E-state index is 11.5. The van der Waals surface area contributed by atoms with Crippen molar-refractivity contribution in [1.29, 1.82) is 0 Å². The molecule has 0 aromatic heterocycles. The number of amides is 2. The van der Waals surface area contributed by atoms with E-state index >= 15 is 0 Å². The molecule has 80 valence electrons. The minimum Gasteiger partial charge on any atom is -0.339 e. The highest BCUT2D eigenvalue weighted by Crippen LogP contribution is 2.06. The molecule has 0 saturated carbocycles. The lowest BCUT2D eigenvalue weighted by Crippen LogP contribution is -2.51. The Bertz CT molecular complexity index is 235. The van der Waals surface area contributed by atoms with Crippen LogP contribution in [0.25, 0.3) is 0 Å². The Morgan fingerprint density at radius 2 is 1.57 bits per heavy atom. The first-order valence-corrected chi connectivity index (χ1v) is 5.14. The highest BCUT2D eigenvalue weighted by atomic mass is 35.5. The Morgan fingerprint density at radius 1 is 1.14 bits per heavy atom. The van der Waals surface area contributed by atoms with Crippen LogP contribution >= 0.6 is 11.6 Å². The number of halogens is 1. The molecule has 5 heteroatoms. The van der Waals surface area contributed by atoms with Gasteiger partial charge in [-0.1, -0.05) is 0 Å². The fraction of sp³-hybridized carbons (Fsp3) is 0.778. The number of alkyl halides is 1. The second-order valence-corrected chi connectivity index (χ2v) is 4.10. The molecule has 0 spiro atoms. The number of carbonyl (C=O) groups is 2. The summed E-state index contributed by atoms with van der Waals surface area (Å²) >= 11 is 5.69. The summed E-state index contributed by atoms with van der Waals surface area (Å²) in [4.78, 5) is 25.9. The van der Waals surface area contributed by atoms with E-state index in [9.17, 15) is 9.59 Å². The van der Waals surface area contributed by atoms with E-state index in [1.165, 1.54) is 0 Å². The highest BCUT2D eigenvalue weighted by Gasteiger charge is 2.24. The van der Waals surface area contributed by atoms with Gasteiger partial charge in [0.15, 0.2) is 0 Å². The van der Waals surface area contributed by atoms with Gasteiger partial charge in [0.25, 0.3) is 0 Å². The van der Waals surface area contributed by atoms with Gasteiger partial charge < -0.3 is 9.80 Å². The van der Waals surface area contributed by atoms with E-state index < -0.39 is 5.38 Å². The summed E-state index contributed by atoms with van der Waals surface area (Å²) in [5.41, 5.74) is 0. The van der Waals surface area contributed by atoms with Crippen LogP contribution in [0.15, 0.2) is 0 Å². The molecule has 0 bridgehead atoms. The van der Waals surface area contributed by atoms with Crippen molar-refractivity contribution in [2.24, 2.45) is 0 Å². The van der Waals surface area contributed by atoms with Gasteiger partial charge in [-0.2, -0.15) is 0 Å². The van der Waals surface area contributed by atoms with Gasteiger partial charge in [-0.3, -0.25) is 9.59 Å². The zero-order chi connectivity index (χ0) is 10.7. The van der Waals surface area contributed by atoms with Gasteiger partial charge in [-0.05, 0) is 6.92 Å². The maximum Gasteiger partial charge on any atom is 0.240 e. The Morgan fingerprint density at radius 3 is 1.93 bits per heavy atom. The molecular weight excluding hydrogens is 204 g/mol. The molecule has 14 heavy (non-hydrogen) atoms. The molecule has 1 rings (SSSR count). The highest BCUT2D eigenvalue weighted by molar-refractivity contribution is 6.30. The van der Waals surface area contributed by atoms with Crippen LogP contribution in [0.5, 0.6) is 0 Å². The molecule has 0 aliphatic carbocycles. The Kier molecular flexibility index (Phi) is 3.75. The van der Waals surface area contributed by atoms with Crippen LogP contribution in [0, 0.1) is 0 Å². The zero-order valence-electron chi connectivity index (χ0n) is 8.49. The van der Waals surface area contributed by atoms with E-state index in [0.717, 1.165) is 0 Å². The Hall–Kier alpha value is -0.770. The monoisotopic (exact) mass is 218 g/mol. The SMILES string of the molecule is CC(=O)N1CCN(C(=O)C(C)Cl)CC1. The smallest absolute Gasteiger partial charge is 0.240 e. The first kappa shape index (κ1) is 11.3. The average molecular weight is 219 g/mol. The van der Waals surface area contributed by atoms with Gasteiger partial charge in [0.1, 0.15) is 5.38 Å². The lowest BCUT2D eigenvalue weighted by atomic mass is 10.3. The van der Waals surface area contributed by atoms with Gasteiger partial charge in [-0.25, -0.2) is 0 Å². The van der Waals surface area contributed by atoms with Crippen molar-refractivity contribution in [3.05, 3.63) is 0 Å². The van der Waals surface area contributed by atoms with Crippen molar-refractivity contribution in [2.75, 3.05) is 26.2 Å². The summed E-state index contributed by atoms with van der Waals surface area (Å²) < 4.78 is 0. The van der Waals surface area contributed by atoms with Crippen molar-refractivity contribution in [3.63, 3.8) is 0 Å². The molecular formula is C9H15ClN2O2. The lowest BCUT2D eigenvalue weighted by molar-refractivity contribution is -0.137. The van der Waals surface area contributed by atoms with Gasteiger partial charge in [0.2, 0.25) is 11.8 Å². The molecule has 1 heterocycles. The van der Waals surface area contributed by atoms with Crippen molar-refractivity contribution < 1.29 is 9.59 Å². The molecule has 0 aromatic rings. The molecule has 0 aromatic carbocycles. The predicted octanol–water partition coefficient (Wildman–Crippen LogP) is 0.304. The molecule has 4 nitrogen and oxygen atoms in total. The fourth-order valence-corrected chi connectivity index (χ4v) is 1.63. The van der Waals surface area contributed by atoms with E-state index in [1.54, 1.807) is 23.6 Å². The van der Waals surface area contributed by atoms with Gasteiger partial charge in [-0.15, -0.1) is 11.6 Å². The van der Waals surface area contributed by atoms with Crippen molar-refractivity contribution in [3.8, 4) is 0 Å². The number of piperazine rings is 1. The molecule has 1 saturated heterocycles. The average Bonchev–Trinajstić information content (AvgIpc) is 2.16. The van der Waals surface area contributed by atoms with Gasteiger partial charge >= 0.3 is 0 Å². The summed E-state index contributed by atoms with van der Waals surface area (Å²) in [6.45, 7) is 5.63. The quantitative estimate of drug-likeness (QED) is 0.595. The van der Waals surface area contributed by atoms with E-state index in [2.05, 4.69) is 0 Å². The number of hydrogen-bond donors (Lipinski definition) is 0. The van der Waals surface area contributed by atoms with E-state index in [1.807, 2.05) is 0 Å². The topological polar surface area (TPSA) is 40.6 Å². The van der Waals surface area contributed by atoms with Crippen LogP contribution in [0.1, 0.15) is 13.8 Å². The van der Waals surface area contributed by atoms with Crippen LogP contribution in [0.4, 0.5) is 0 Å². The van der Waals surface area contributed by atoms with Crippen molar-refractivity contribution in [2.45, 2.75) is 19.2 Å². The number of carbonyl (C=O) groups excluding carboxylic acids is 2. The molecule has 0 N–H and O–H groups in total. The van der Waals surface area contributed by atoms with Crippen LogP contribution < -0.4 is 0 Å². The summed E-state index contributed by atoms with van der Waals surface area (Å²) in [5.74, 6) is 0.0193. The number of rotatable bonds is 1. The van der Waals surface area contributed by atoms with Gasteiger partial charge in [0, 0.05) is 33.1 Å². The molecule has 0 radical (unpaired) electrons. The summed E-state index contributed by atoms with van der Waals surface area (Å²) in [6, 6.07) is 0. The summed E-state index contributed by atoms with van der Waals surface area (Å²) in [7, 11) is 0. The molecule has 1 aliphatic heterocycles. The van der Waals surface area contributed by atoms with Crippen molar-refractivity contribution in [1.82, 2.24) is 9.80 Å². The third-order valence-electron chi connectivity index (χ3n) is 2.38. The standard InChI is InChI=1S/C9H15ClN2O2/c1-7(10)9(14)12-5-3-11(4-6-12)8(2)13/h7H,3-6H2,1-2H3. The molecule has 1 aliphatic rings. The third kappa shape index (κ3) is 2.61. The number of hydrogen-bond acceptors (Lipinski definition) is 2. The van der Waals surface area contributed by atoms with E-state index in [-0.39, 0.29) is 11.8 Å². The van der Waals surface area contributed by atoms with Crippen LogP contribution in [0.2, 0.25) is 0 Å². The minimum absolute atomic E-state index is 0.0464. The Balaban J connectivity index is 2.43. The predicted molar refractivity (Wildman–Crippen MR) is 54.1 cm³/mol. The van der Waals surface area contributed by atoms with Crippen LogP contribution in [-0.4, -0.2) is 53.2 Å². The lowest BCUT2D eigenvalue weighted by Gasteiger charge is -2.34. The maximum absolute atomic E-state index is 11.5. The van der Waals surface area contributed by atoms with Crippen LogP contribution in [-0.2, 0) is 9.59 Å². The molecule has 2 amide bonds. The largest absolute Gasteiger partial charge is 0.339 e. The van der Waals surface area contributed by atoms with E-state index in [4.69, 9.17) is 11.6 Å². The number of nitrogens with zero attached hydrogens (tertiary/aromatic N) is 2. The first-order chi connectivity index (χ1) is 6.52. The Labute approximate surface area is 88.8 Å².